The van der Waals surface area contributed by atoms with Crippen LogP contribution in [0.25, 0.3) is 0 Å². The average molecular weight is 338 g/mol. The Kier molecular flexibility index (Phi) is 5.33. The van der Waals surface area contributed by atoms with Gasteiger partial charge in [-0.25, -0.2) is 13.1 Å². The number of carbonyl (C=O) groups is 1. The number of likely N-dealkylation sites (N-methyl/N-ethyl adjacent to an activating group) is 1. The predicted octanol–water partition coefficient (Wildman–Crippen LogP) is 2.25. The van der Waals surface area contributed by atoms with Crippen LogP contribution in [0.3, 0.4) is 0 Å². The fraction of sp³-hybridized carbons (Fsp3) is 0.267. The summed E-state index contributed by atoms with van der Waals surface area (Å²) in [6, 6.07) is 11.6. The summed E-state index contributed by atoms with van der Waals surface area (Å²) in [5, 5.41) is 1.66. The molecule has 1 N–H and O–H groups in total. The maximum atomic E-state index is 12.5. The Bertz CT molecular complexity index is 713. The van der Waals surface area contributed by atoms with Crippen molar-refractivity contribution in [1.82, 2.24) is 9.62 Å². The third kappa shape index (κ3) is 3.73. The highest BCUT2D eigenvalue weighted by Crippen LogP contribution is 2.21. The van der Waals surface area contributed by atoms with E-state index in [2.05, 4.69) is 4.72 Å². The van der Waals surface area contributed by atoms with Gasteiger partial charge < -0.3 is 0 Å². The molecule has 118 valence electrons. The van der Waals surface area contributed by atoms with E-state index in [4.69, 9.17) is 0 Å². The van der Waals surface area contributed by atoms with Crippen LogP contribution in [0.2, 0.25) is 0 Å². The van der Waals surface area contributed by atoms with Crippen molar-refractivity contribution in [2.24, 2.45) is 0 Å². The summed E-state index contributed by atoms with van der Waals surface area (Å²) in [7, 11) is -2.03. The lowest BCUT2D eigenvalue weighted by Crippen LogP contribution is -2.41. The number of rotatable bonds is 6. The molecule has 7 heteroatoms. The number of hydrogen-bond donors (Lipinski definition) is 1. The van der Waals surface area contributed by atoms with Crippen molar-refractivity contribution in [2.45, 2.75) is 17.2 Å². The van der Waals surface area contributed by atoms with Crippen molar-refractivity contribution < 1.29 is 13.2 Å². The molecule has 0 radical (unpaired) electrons. The molecule has 22 heavy (non-hydrogen) atoms. The van der Waals surface area contributed by atoms with Crippen molar-refractivity contribution in [3.05, 3.63) is 53.4 Å². The van der Waals surface area contributed by atoms with E-state index in [-0.39, 0.29) is 4.21 Å². The van der Waals surface area contributed by atoms with Crippen LogP contribution in [0.5, 0.6) is 0 Å². The van der Waals surface area contributed by atoms with Gasteiger partial charge in [-0.15, -0.1) is 11.3 Å². The number of nitrogens with one attached hydrogen (secondary N) is 1. The lowest BCUT2D eigenvalue weighted by Gasteiger charge is -2.26. The minimum atomic E-state index is -3.82. The maximum absolute atomic E-state index is 12.5. The number of sulfonamides is 1. The van der Waals surface area contributed by atoms with Crippen LogP contribution in [-0.4, -0.2) is 32.8 Å². The number of hydrogen-bond acceptors (Lipinski definition) is 5. The van der Waals surface area contributed by atoms with E-state index in [1.807, 2.05) is 37.3 Å². The monoisotopic (exact) mass is 338 g/mol. The van der Waals surface area contributed by atoms with E-state index in [0.29, 0.717) is 6.54 Å². The van der Waals surface area contributed by atoms with Crippen LogP contribution in [0.1, 0.15) is 18.5 Å². The second-order valence-electron chi connectivity index (χ2n) is 4.79. The van der Waals surface area contributed by atoms with Gasteiger partial charge in [-0.05, 0) is 30.6 Å². The first-order chi connectivity index (χ1) is 10.5. The largest absolute Gasteiger partial charge is 0.292 e. The van der Waals surface area contributed by atoms with Gasteiger partial charge in [0.25, 0.3) is 15.9 Å². The highest BCUT2D eigenvalue weighted by atomic mass is 32.2. The van der Waals surface area contributed by atoms with Gasteiger partial charge in [-0.1, -0.05) is 43.3 Å². The van der Waals surface area contributed by atoms with Crippen LogP contribution < -0.4 is 4.72 Å². The molecule has 1 heterocycles. The Labute approximate surface area is 134 Å². The SMILES string of the molecule is CCN(C)[C@H](C(=O)NS(=O)(=O)c1cccs1)c1ccccc1. The zero-order valence-corrected chi connectivity index (χ0v) is 14.0. The highest BCUT2D eigenvalue weighted by molar-refractivity contribution is 7.92. The Morgan fingerprint density at radius 1 is 1.23 bits per heavy atom. The Balaban J connectivity index is 2.27. The van der Waals surface area contributed by atoms with E-state index in [0.717, 1.165) is 16.9 Å². The number of carbonyl (C=O) groups excluding carboxylic acids is 1. The van der Waals surface area contributed by atoms with Crippen LogP contribution in [0, 0.1) is 0 Å². The number of benzene rings is 1. The summed E-state index contributed by atoms with van der Waals surface area (Å²) in [6.07, 6.45) is 0. The van der Waals surface area contributed by atoms with Crippen LogP contribution in [0.4, 0.5) is 0 Å². The molecule has 1 aromatic carbocycles. The fourth-order valence-corrected chi connectivity index (χ4v) is 4.06. The molecular formula is C15H18N2O3S2. The zero-order chi connectivity index (χ0) is 16.2. The summed E-state index contributed by atoms with van der Waals surface area (Å²) in [4.78, 5) is 14.3. The number of amides is 1. The van der Waals surface area contributed by atoms with Gasteiger partial charge in [0.15, 0.2) is 0 Å². The van der Waals surface area contributed by atoms with Gasteiger partial charge in [-0.3, -0.25) is 9.69 Å². The molecule has 2 rings (SSSR count). The molecular weight excluding hydrogens is 320 g/mol. The summed E-state index contributed by atoms with van der Waals surface area (Å²) < 4.78 is 26.7. The molecule has 1 aromatic heterocycles. The summed E-state index contributed by atoms with van der Waals surface area (Å²) >= 11 is 1.08. The first-order valence-electron chi connectivity index (χ1n) is 6.81. The molecule has 0 saturated carbocycles. The Hall–Kier alpha value is -1.70. The summed E-state index contributed by atoms with van der Waals surface area (Å²) in [5.74, 6) is -0.552. The standard InChI is InChI=1S/C15H18N2O3S2/c1-3-17(2)14(12-8-5-4-6-9-12)15(18)16-22(19,20)13-10-7-11-21-13/h4-11,14H,3H2,1-2H3,(H,16,18)/t14-/m0/s1. The van der Waals surface area contributed by atoms with Crippen molar-refractivity contribution in [2.75, 3.05) is 13.6 Å². The lowest BCUT2D eigenvalue weighted by molar-refractivity contribution is -0.124. The first kappa shape index (κ1) is 16.7. The fourth-order valence-electron chi connectivity index (χ4n) is 2.08. The molecule has 2 aromatic rings. The van der Waals surface area contributed by atoms with E-state index >= 15 is 0 Å². The van der Waals surface area contributed by atoms with Crippen molar-refractivity contribution >= 4 is 27.3 Å². The molecule has 0 aliphatic carbocycles. The third-order valence-electron chi connectivity index (χ3n) is 3.30. The van der Waals surface area contributed by atoms with Crippen LogP contribution >= 0.6 is 11.3 Å². The van der Waals surface area contributed by atoms with Crippen LogP contribution in [0.15, 0.2) is 52.1 Å². The summed E-state index contributed by atoms with van der Waals surface area (Å²) in [5.41, 5.74) is 0.755. The zero-order valence-electron chi connectivity index (χ0n) is 12.4. The van der Waals surface area contributed by atoms with Gasteiger partial charge in [0.1, 0.15) is 10.3 Å². The van der Waals surface area contributed by atoms with Gasteiger partial charge in [0, 0.05) is 0 Å². The molecule has 0 aliphatic rings. The second-order valence-corrected chi connectivity index (χ2v) is 7.65. The van der Waals surface area contributed by atoms with Gasteiger partial charge in [0.05, 0.1) is 0 Å². The summed E-state index contributed by atoms with van der Waals surface area (Å²) in [6.45, 7) is 2.53. The normalized spacial score (nSPS) is 13.0. The number of nitrogens with zero attached hydrogens (tertiary/aromatic N) is 1. The van der Waals surface area contributed by atoms with Crippen molar-refractivity contribution in [1.29, 1.82) is 0 Å². The van der Waals surface area contributed by atoms with Crippen molar-refractivity contribution in [3.8, 4) is 0 Å². The van der Waals surface area contributed by atoms with Gasteiger partial charge in [0.2, 0.25) is 0 Å². The maximum Gasteiger partial charge on any atom is 0.273 e. The van der Waals surface area contributed by atoms with E-state index in [1.54, 1.807) is 23.4 Å². The smallest absolute Gasteiger partial charge is 0.273 e. The molecule has 0 aliphatic heterocycles. The van der Waals surface area contributed by atoms with Crippen molar-refractivity contribution in [3.63, 3.8) is 0 Å². The Morgan fingerprint density at radius 3 is 2.45 bits per heavy atom. The molecule has 0 fully saturated rings. The topological polar surface area (TPSA) is 66.5 Å². The molecule has 0 unspecified atom stereocenters. The lowest BCUT2D eigenvalue weighted by atomic mass is 10.1. The molecule has 5 nitrogen and oxygen atoms in total. The predicted molar refractivity (Wildman–Crippen MR) is 87.1 cm³/mol. The minimum absolute atomic E-state index is 0.131. The molecule has 0 bridgehead atoms. The van der Waals surface area contributed by atoms with E-state index in [1.165, 1.54) is 6.07 Å². The quantitative estimate of drug-likeness (QED) is 0.877. The Morgan fingerprint density at radius 2 is 1.91 bits per heavy atom. The molecule has 0 saturated heterocycles. The van der Waals surface area contributed by atoms with E-state index in [9.17, 15) is 13.2 Å². The third-order valence-corrected chi connectivity index (χ3v) is 6.04. The minimum Gasteiger partial charge on any atom is -0.292 e. The van der Waals surface area contributed by atoms with Gasteiger partial charge in [-0.2, -0.15) is 0 Å². The van der Waals surface area contributed by atoms with E-state index < -0.39 is 22.0 Å². The second kappa shape index (κ2) is 7.04. The molecule has 0 spiro atoms. The number of thiophene rings is 1. The molecule has 1 amide bonds. The van der Waals surface area contributed by atoms with Gasteiger partial charge >= 0.3 is 0 Å². The average Bonchev–Trinajstić information content (AvgIpc) is 3.03. The molecule has 1 atom stereocenters. The highest BCUT2D eigenvalue weighted by Gasteiger charge is 2.28. The van der Waals surface area contributed by atoms with Crippen LogP contribution in [-0.2, 0) is 14.8 Å². The first-order valence-corrected chi connectivity index (χ1v) is 9.17.